The summed E-state index contributed by atoms with van der Waals surface area (Å²) in [6.45, 7) is 4.35. The van der Waals surface area contributed by atoms with Crippen LogP contribution in [0.2, 0.25) is 10.0 Å². The van der Waals surface area contributed by atoms with Gasteiger partial charge in [0.05, 0.1) is 69.7 Å². The Bertz CT molecular complexity index is 2020. The Balaban J connectivity index is 0.000000185. The number of aromatic carboxylic acids is 1. The van der Waals surface area contributed by atoms with Crippen molar-refractivity contribution in [1.82, 2.24) is 49.5 Å². The largest absolute Gasteiger partial charge is 0.475 e. The van der Waals surface area contributed by atoms with E-state index in [9.17, 15) is 18.4 Å². The standard InChI is InChI=1S/C15H12ClFN6O.C9H9N5O2.C6H5ClFN/c1-9-5-19-10(6-18-9)7-23-8-20-14(22-23)15(24)21-12-4-2-3-11(16)13(12)17;1-6-2-11-7(3-10-6)4-14-5-12-8(13-14)9(15)16;7-4-2-1-3-5(9)6(4)8/h2-6,8H,7H2,1H3,(H,21,24);2-3,5H,4H2,1H3,(H,15,16);1-3H,9H2. The maximum Gasteiger partial charge on any atom is 0.375 e. The number of halogens is 4. The van der Waals surface area contributed by atoms with E-state index in [0.29, 0.717) is 24.5 Å². The van der Waals surface area contributed by atoms with Crippen molar-refractivity contribution in [1.29, 1.82) is 0 Å². The summed E-state index contributed by atoms with van der Waals surface area (Å²) in [5.74, 6) is -3.34. The molecule has 49 heavy (non-hydrogen) atoms. The number of hydrogen-bond acceptors (Lipinski definition) is 11. The maximum absolute atomic E-state index is 13.8. The molecule has 0 aliphatic carbocycles. The fourth-order valence-electron chi connectivity index (χ4n) is 3.58. The lowest BCUT2D eigenvalue weighted by molar-refractivity contribution is 0.0683. The summed E-state index contributed by atoms with van der Waals surface area (Å²) in [6.07, 6.45) is 9.28. The minimum atomic E-state index is -1.14. The lowest BCUT2D eigenvalue weighted by Gasteiger charge is -2.05. The Morgan fingerprint density at radius 2 is 1.27 bits per heavy atom. The van der Waals surface area contributed by atoms with Crippen molar-refractivity contribution in [3.8, 4) is 0 Å². The van der Waals surface area contributed by atoms with Gasteiger partial charge in [-0.2, -0.15) is 0 Å². The van der Waals surface area contributed by atoms with Crippen molar-refractivity contribution >= 4 is 46.5 Å². The second-order valence-corrected chi connectivity index (χ2v) is 10.6. The van der Waals surface area contributed by atoms with Gasteiger partial charge in [-0.05, 0) is 38.1 Å². The monoisotopic (exact) mass is 710 g/mol. The summed E-state index contributed by atoms with van der Waals surface area (Å²) in [7, 11) is 0. The number of nitrogens with zero attached hydrogens (tertiary/aromatic N) is 10. The Labute approximate surface area is 286 Å². The maximum atomic E-state index is 13.8. The molecule has 19 heteroatoms. The number of anilines is 2. The highest BCUT2D eigenvalue weighted by Gasteiger charge is 2.15. The Kier molecular flexibility index (Phi) is 12.3. The molecule has 0 saturated carbocycles. The number of amides is 1. The third kappa shape index (κ3) is 10.5. The van der Waals surface area contributed by atoms with Crippen molar-refractivity contribution < 1.29 is 23.5 Å². The average molecular weight is 712 g/mol. The van der Waals surface area contributed by atoms with Crippen LogP contribution in [-0.4, -0.2) is 66.4 Å². The third-order valence-corrected chi connectivity index (χ3v) is 6.55. The van der Waals surface area contributed by atoms with E-state index in [4.69, 9.17) is 34.0 Å². The van der Waals surface area contributed by atoms with E-state index in [2.05, 4.69) is 45.4 Å². The molecule has 15 nitrogen and oxygen atoms in total. The molecule has 6 rings (SSSR count). The number of hydrogen-bond donors (Lipinski definition) is 3. The number of nitrogens with one attached hydrogen (secondary N) is 1. The summed E-state index contributed by atoms with van der Waals surface area (Å²) >= 11 is 11.0. The van der Waals surface area contributed by atoms with Crippen LogP contribution in [-0.2, 0) is 13.1 Å². The molecular formula is C30H26Cl2F2N12O3. The summed E-state index contributed by atoms with van der Waals surface area (Å²) in [4.78, 5) is 46.7. The van der Waals surface area contributed by atoms with Crippen LogP contribution in [0.5, 0.6) is 0 Å². The molecule has 0 fully saturated rings. The fourth-order valence-corrected chi connectivity index (χ4v) is 3.93. The number of benzene rings is 2. The second kappa shape index (κ2) is 16.8. The van der Waals surface area contributed by atoms with Gasteiger partial charge in [0, 0.05) is 12.4 Å². The second-order valence-electron chi connectivity index (χ2n) is 9.83. The van der Waals surface area contributed by atoms with Crippen LogP contribution >= 0.6 is 23.2 Å². The van der Waals surface area contributed by atoms with Gasteiger partial charge in [-0.3, -0.25) is 24.7 Å². The number of aromatic nitrogens is 10. The van der Waals surface area contributed by atoms with Crippen LogP contribution in [0.1, 0.15) is 44.0 Å². The summed E-state index contributed by atoms with van der Waals surface area (Å²) in [5, 5.41) is 18.8. The highest BCUT2D eigenvalue weighted by atomic mass is 35.5. The average Bonchev–Trinajstić information content (AvgIpc) is 3.75. The first-order valence-corrected chi connectivity index (χ1v) is 14.7. The van der Waals surface area contributed by atoms with E-state index in [0.717, 1.165) is 11.4 Å². The molecule has 0 spiro atoms. The van der Waals surface area contributed by atoms with E-state index in [1.807, 2.05) is 13.8 Å². The Morgan fingerprint density at radius 1 is 0.755 bits per heavy atom. The van der Waals surface area contributed by atoms with E-state index in [1.165, 1.54) is 52.4 Å². The highest BCUT2D eigenvalue weighted by Crippen LogP contribution is 2.22. The third-order valence-electron chi connectivity index (χ3n) is 5.97. The molecule has 0 bridgehead atoms. The van der Waals surface area contributed by atoms with Gasteiger partial charge in [-0.15, -0.1) is 10.2 Å². The van der Waals surface area contributed by atoms with Gasteiger partial charge in [0.15, 0.2) is 11.6 Å². The molecule has 0 aliphatic rings. The van der Waals surface area contributed by atoms with E-state index in [1.54, 1.807) is 30.9 Å². The van der Waals surface area contributed by atoms with E-state index < -0.39 is 23.5 Å². The molecule has 0 atom stereocenters. The molecule has 252 valence electrons. The van der Waals surface area contributed by atoms with Gasteiger partial charge in [0.1, 0.15) is 12.7 Å². The van der Waals surface area contributed by atoms with Gasteiger partial charge >= 0.3 is 5.97 Å². The number of carbonyl (C=O) groups excluding carboxylic acids is 1. The SMILES string of the molecule is Cc1cnc(Cn2cnc(C(=O)Nc3cccc(Cl)c3F)n2)cn1.Cc1cnc(Cn2cnc(C(=O)O)n2)cn1.Nc1cccc(Cl)c1F. The van der Waals surface area contributed by atoms with Crippen LogP contribution < -0.4 is 11.1 Å². The Hall–Kier alpha value is -5.94. The molecule has 0 saturated heterocycles. The zero-order valence-electron chi connectivity index (χ0n) is 25.7. The zero-order chi connectivity index (χ0) is 35.5. The van der Waals surface area contributed by atoms with Crippen LogP contribution in [0.4, 0.5) is 20.2 Å². The van der Waals surface area contributed by atoms with Gasteiger partial charge < -0.3 is 16.2 Å². The zero-order valence-corrected chi connectivity index (χ0v) is 27.2. The number of nitrogens with two attached hydrogens (primary N) is 1. The van der Waals surface area contributed by atoms with Crippen LogP contribution in [0.15, 0.2) is 73.8 Å². The van der Waals surface area contributed by atoms with Crippen molar-refractivity contribution in [2.45, 2.75) is 26.9 Å². The summed E-state index contributed by atoms with van der Waals surface area (Å²) in [5.41, 5.74) is 8.23. The molecular weight excluding hydrogens is 685 g/mol. The minimum absolute atomic E-state index is 0.0340. The molecule has 0 radical (unpaired) electrons. The predicted octanol–water partition coefficient (Wildman–Crippen LogP) is 4.65. The number of carboxylic acid groups (broad SMARTS) is 1. The van der Waals surface area contributed by atoms with Gasteiger partial charge in [-0.1, -0.05) is 35.3 Å². The van der Waals surface area contributed by atoms with Crippen LogP contribution in [0, 0.1) is 25.5 Å². The molecule has 0 unspecified atom stereocenters. The molecule has 6 aromatic rings. The van der Waals surface area contributed by atoms with Crippen molar-refractivity contribution in [3.05, 3.63) is 130 Å². The van der Waals surface area contributed by atoms with Gasteiger partial charge in [0.25, 0.3) is 11.7 Å². The minimum Gasteiger partial charge on any atom is -0.475 e. The quantitative estimate of drug-likeness (QED) is 0.194. The number of carbonyl (C=O) groups is 2. The molecule has 2 aromatic carbocycles. The smallest absolute Gasteiger partial charge is 0.375 e. The first-order chi connectivity index (χ1) is 23.4. The first kappa shape index (κ1) is 35.9. The first-order valence-electron chi connectivity index (χ1n) is 13.9. The normalized spacial score (nSPS) is 10.3. The lowest BCUT2D eigenvalue weighted by atomic mass is 10.3. The van der Waals surface area contributed by atoms with Crippen LogP contribution in [0.25, 0.3) is 0 Å². The molecule has 4 aromatic heterocycles. The fraction of sp³-hybridized carbons (Fsp3) is 0.133. The van der Waals surface area contributed by atoms with Gasteiger partial charge in [-0.25, -0.2) is 32.9 Å². The van der Waals surface area contributed by atoms with Crippen molar-refractivity contribution in [3.63, 3.8) is 0 Å². The lowest BCUT2D eigenvalue weighted by Crippen LogP contribution is -2.15. The topological polar surface area (TPSA) is 205 Å². The number of rotatable bonds is 7. The van der Waals surface area contributed by atoms with Crippen molar-refractivity contribution in [2.75, 3.05) is 11.1 Å². The molecule has 0 aliphatic heterocycles. The van der Waals surface area contributed by atoms with Crippen LogP contribution in [0.3, 0.4) is 0 Å². The molecule has 4 heterocycles. The number of nitrogen functional groups attached to an aromatic ring is 1. The Morgan fingerprint density at radius 3 is 1.73 bits per heavy atom. The van der Waals surface area contributed by atoms with E-state index in [-0.39, 0.29) is 33.1 Å². The predicted molar refractivity (Wildman–Crippen MR) is 174 cm³/mol. The van der Waals surface area contributed by atoms with E-state index >= 15 is 0 Å². The summed E-state index contributed by atoms with van der Waals surface area (Å²) in [6, 6.07) is 8.83. The van der Waals surface area contributed by atoms with Gasteiger partial charge in [0.2, 0.25) is 5.82 Å². The van der Waals surface area contributed by atoms with Crippen molar-refractivity contribution in [2.24, 2.45) is 0 Å². The molecule has 4 N–H and O–H groups in total. The summed E-state index contributed by atoms with van der Waals surface area (Å²) < 4.78 is 29.1. The number of aryl methyl sites for hydroxylation is 2. The molecule has 1 amide bonds. The highest BCUT2D eigenvalue weighted by molar-refractivity contribution is 6.31. The number of carboxylic acids is 1.